The van der Waals surface area contributed by atoms with Gasteiger partial charge in [-0.3, -0.25) is 4.79 Å². The molecule has 7 heteroatoms. The van der Waals surface area contributed by atoms with Crippen LogP contribution >= 0.6 is 0 Å². The Bertz CT molecular complexity index is 1290. The van der Waals surface area contributed by atoms with Crippen molar-refractivity contribution in [2.45, 2.75) is 34.3 Å². The zero-order valence-electron chi connectivity index (χ0n) is 21.2. The molecule has 36 heavy (non-hydrogen) atoms. The molecule has 7 nitrogen and oxygen atoms in total. The van der Waals surface area contributed by atoms with Crippen molar-refractivity contribution in [3.8, 4) is 11.4 Å². The Morgan fingerprint density at radius 2 is 1.61 bits per heavy atom. The molecular weight excluding hydrogens is 452 g/mol. The third-order valence-electron chi connectivity index (χ3n) is 6.03. The maximum absolute atomic E-state index is 12.4. The fraction of sp³-hybridized carbons (Fsp3) is 0.241. The number of carbonyl (C=O) groups is 1. The number of aromatic nitrogens is 1. The van der Waals surface area contributed by atoms with Crippen LogP contribution in [0.5, 0.6) is 5.75 Å². The SMILES string of the molecule is CCN(CC)c1ccc(C=NNC(=O)c2ccc(COc3ccc(-n4c(C)ccc4C)cc3)o2)cc1. The normalized spacial score (nSPS) is 11.1. The molecule has 0 bridgehead atoms. The van der Waals surface area contributed by atoms with Crippen LogP contribution in [-0.4, -0.2) is 29.8 Å². The summed E-state index contributed by atoms with van der Waals surface area (Å²) in [5.74, 6) is 1.04. The summed E-state index contributed by atoms with van der Waals surface area (Å²) in [7, 11) is 0. The van der Waals surface area contributed by atoms with Crippen molar-refractivity contribution in [1.82, 2.24) is 9.99 Å². The number of amides is 1. The minimum atomic E-state index is -0.418. The van der Waals surface area contributed by atoms with Gasteiger partial charge in [0.25, 0.3) is 0 Å². The summed E-state index contributed by atoms with van der Waals surface area (Å²) in [6.45, 7) is 10.5. The average molecular weight is 485 g/mol. The van der Waals surface area contributed by atoms with Crippen LogP contribution in [0.1, 0.15) is 47.1 Å². The molecule has 4 aromatic rings. The number of ether oxygens (including phenoxy) is 1. The lowest BCUT2D eigenvalue weighted by atomic mass is 10.2. The molecule has 2 heterocycles. The molecule has 4 rings (SSSR count). The molecule has 0 saturated carbocycles. The van der Waals surface area contributed by atoms with Gasteiger partial charge >= 0.3 is 5.91 Å². The lowest BCUT2D eigenvalue weighted by Crippen LogP contribution is -2.21. The Morgan fingerprint density at radius 3 is 2.25 bits per heavy atom. The van der Waals surface area contributed by atoms with Gasteiger partial charge in [-0.15, -0.1) is 0 Å². The maximum atomic E-state index is 12.4. The summed E-state index contributed by atoms with van der Waals surface area (Å²) < 4.78 is 13.6. The summed E-state index contributed by atoms with van der Waals surface area (Å²) in [5, 5.41) is 4.05. The molecule has 1 amide bonds. The number of hydrogen-bond acceptors (Lipinski definition) is 5. The highest BCUT2D eigenvalue weighted by Gasteiger charge is 2.11. The van der Waals surface area contributed by atoms with Gasteiger partial charge < -0.3 is 18.6 Å². The van der Waals surface area contributed by atoms with Crippen LogP contribution < -0.4 is 15.1 Å². The third-order valence-corrected chi connectivity index (χ3v) is 6.03. The van der Waals surface area contributed by atoms with Crippen molar-refractivity contribution in [3.63, 3.8) is 0 Å². The Kier molecular flexibility index (Phi) is 7.90. The number of benzene rings is 2. The summed E-state index contributed by atoms with van der Waals surface area (Å²) >= 11 is 0. The van der Waals surface area contributed by atoms with Crippen LogP contribution in [0.4, 0.5) is 5.69 Å². The smallest absolute Gasteiger partial charge is 0.307 e. The third kappa shape index (κ3) is 5.86. The molecule has 0 unspecified atom stereocenters. The predicted octanol–water partition coefficient (Wildman–Crippen LogP) is 5.88. The number of rotatable bonds is 10. The van der Waals surface area contributed by atoms with Crippen molar-refractivity contribution in [3.05, 3.63) is 101 Å². The zero-order valence-corrected chi connectivity index (χ0v) is 21.2. The molecule has 0 fully saturated rings. The summed E-state index contributed by atoms with van der Waals surface area (Å²) in [6, 6.07) is 23.5. The lowest BCUT2D eigenvalue weighted by Gasteiger charge is -2.20. The van der Waals surface area contributed by atoms with Crippen LogP contribution in [0.15, 0.2) is 82.3 Å². The van der Waals surface area contributed by atoms with Gasteiger partial charge in [-0.05, 0) is 93.9 Å². The number of nitrogens with zero attached hydrogens (tertiary/aromatic N) is 3. The quantitative estimate of drug-likeness (QED) is 0.226. The van der Waals surface area contributed by atoms with E-state index in [-0.39, 0.29) is 12.4 Å². The van der Waals surface area contributed by atoms with Gasteiger partial charge in [-0.1, -0.05) is 12.1 Å². The Labute approximate surface area is 212 Å². The Balaban J connectivity index is 1.28. The predicted molar refractivity (Wildman–Crippen MR) is 143 cm³/mol. The number of nitrogens with one attached hydrogen (secondary N) is 1. The topological polar surface area (TPSA) is 72.0 Å². The van der Waals surface area contributed by atoms with E-state index in [0.717, 1.165) is 35.8 Å². The second-order valence-electron chi connectivity index (χ2n) is 8.46. The first kappa shape index (κ1) is 24.9. The van der Waals surface area contributed by atoms with Crippen LogP contribution in [0.3, 0.4) is 0 Å². The van der Waals surface area contributed by atoms with Gasteiger partial charge in [-0.2, -0.15) is 5.10 Å². The largest absolute Gasteiger partial charge is 0.486 e. The van der Waals surface area contributed by atoms with Crippen LogP contribution in [0, 0.1) is 13.8 Å². The first-order valence-electron chi connectivity index (χ1n) is 12.1. The fourth-order valence-electron chi connectivity index (χ4n) is 4.08. The molecule has 0 aliphatic heterocycles. The first-order valence-corrected chi connectivity index (χ1v) is 12.1. The molecule has 0 spiro atoms. The average Bonchev–Trinajstić information content (AvgIpc) is 3.51. The lowest BCUT2D eigenvalue weighted by molar-refractivity contribution is 0.0923. The van der Waals surface area contributed by atoms with Crippen molar-refractivity contribution in [2.24, 2.45) is 5.10 Å². The number of hydrogen-bond donors (Lipinski definition) is 1. The van der Waals surface area contributed by atoms with E-state index in [1.54, 1.807) is 18.3 Å². The monoisotopic (exact) mass is 484 g/mol. The summed E-state index contributed by atoms with van der Waals surface area (Å²) in [4.78, 5) is 14.6. The summed E-state index contributed by atoms with van der Waals surface area (Å²) in [6.07, 6.45) is 1.61. The van der Waals surface area contributed by atoms with Crippen molar-refractivity contribution in [2.75, 3.05) is 18.0 Å². The first-order chi connectivity index (χ1) is 17.5. The Hall–Kier alpha value is -4.26. The minimum Gasteiger partial charge on any atom is -0.486 e. The van der Waals surface area contributed by atoms with Gasteiger partial charge in [0.15, 0.2) is 5.76 Å². The summed E-state index contributed by atoms with van der Waals surface area (Å²) in [5.41, 5.74) is 8.01. The van der Waals surface area contributed by atoms with E-state index >= 15 is 0 Å². The van der Waals surface area contributed by atoms with Crippen molar-refractivity contribution in [1.29, 1.82) is 0 Å². The highest BCUT2D eigenvalue weighted by atomic mass is 16.5. The van der Waals surface area contributed by atoms with Gasteiger partial charge in [0.05, 0.1) is 6.21 Å². The fourth-order valence-corrected chi connectivity index (χ4v) is 4.08. The molecular formula is C29H32N4O3. The van der Waals surface area contributed by atoms with Crippen molar-refractivity contribution >= 4 is 17.8 Å². The van der Waals surface area contributed by atoms with Crippen molar-refractivity contribution < 1.29 is 13.9 Å². The molecule has 0 aliphatic rings. The maximum Gasteiger partial charge on any atom is 0.307 e. The zero-order chi connectivity index (χ0) is 25.5. The van der Waals surface area contributed by atoms with E-state index in [0.29, 0.717) is 5.76 Å². The second kappa shape index (κ2) is 11.4. The number of carbonyl (C=O) groups excluding carboxylic acids is 1. The standard InChI is InChI=1S/C29H32N4O3/c1-5-32(6-2)24-11-9-23(10-12-24)19-30-31-29(34)28-18-17-27(36-28)20-35-26-15-13-25(14-16-26)33-21(3)7-8-22(33)4/h7-19H,5-6,20H2,1-4H3,(H,31,34). The van der Waals surface area contributed by atoms with Gasteiger partial charge in [0.2, 0.25) is 0 Å². The Morgan fingerprint density at radius 1 is 0.944 bits per heavy atom. The van der Waals surface area contributed by atoms with Crippen LogP contribution in [0.25, 0.3) is 5.69 Å². The van der Waals surface area contributed by atoms with Gasteiger partial charge in [0, 0.05) is 35.9 Å². The van der Waals surface area contributed by atoms with E-state index in [4.69, 9.17) is 9.15 Å². The number of furan rings is 1. The van der Waals surface area contributed by atoms with Crippen LogP contribution in [-0.2, 0) is 6.61 Å². The molecule has 0 saturated heterocycles. The van der Waals surface area contributed by atoms with E-state index in [2.05, 4.69) is 59.8 Å². The second-order valence-corrected chi connectivity index (χ2v) is 8.46. The highest BCUT2D eigenvalue weighted by Crippen LogP contribution is 2.21. The highest BCUT2D eigenvalue weighted by molar-refractivity contribution is 5.92. The molecule has 2 aromatic heterocycles. The minimum absolute atomic E-state index is 0.177. The molecule has 1 N–H and O–H groups in total. The van der Waals surface area contributed by atoms with E-state index in [1.807, 2.05) is 48.5 Å². The molecule has 186 valence electrons. The van der Waals surface area contributed by atoms with Gasteiger partial charge in [-0.25, -0.2) is 5.43 Å². The number of hydrazone groups is 1. The number of aryl methyl sites for hydroxylation is 2. The molecule has 0 radical (unpaired) electrons. The number of anilines is 1. The molecule has 0 atom stereocenters. The van der Waals surface area contributed by atoms with E-state index in [9.17, 15) is 4.79 Å². The van der Waals surface area contributed by atoms with E-state index < -0.39 is 5.91 Å². The molecule has 2 aromatic carbocycles. The van der Waals surface area contributed by atoms with E-state index in [1.165, 1.54) is 11.4 Å². The van der Waals surface area contributed by atoms with Gasteiger partial charge in [0.1, 0.15) is 18.1 Å². The van der Waals surface area contributed by atoms with Crippen LogP contribution in [0.2, 0.25) is 0 Å². The molecule has 0 aliphatic carbocycles.